The number of ether oxygens (including phenoxy) is 2. The molecule has 3 unspecified atom stereocenters. The number of carbonyl (C=O) groups excluding carboxylic acids is 1. The van der Waals surface area contributed by atoms with Crippen LogP contribution in [-0.2, 0) is 14.3 Å². The summed E-state index contributed by atoms with van der Waals surface area (Å²) in [7, 11) is 0. The van der Waals surface area contributed by atoms with Crippen molar-refractivity contribution in [3.8, 4) is 0 Å². The lowest BCUT2D eigenvalue weighted by Gasteiger charge is -2.45. The van der Waals surface area contributed by atoms with E-state index in [1.807, 2.05) is 41.5 Å². The second-order valence-electron chi connectivity index (χ2n) is 7.12. The summed E-state index contributed by atoms with van der Waals surface area (Å²) in [6, 6.07) is 0.0462. The fraction of sp³-hybridized carbons (Fsp3) is 0.929. The molecule has 0 aromatic carbocycles. The first kappa shape index (κ1) is 15.4. The van der Waals surface area contributed by atoms with Crippen LogP contribution in [0.1, 0.15) is 54.4 Å². The van der Waals surface area contributed by atoms with Gasteiger partial charge >= 0.3 is 5.97 Å². The Labute approximate surface area is 110 Å². The predicted octanol–water partition coefficient (Wildman–Crippen LogP) is 2.25. The van der Waals surface area contributed by atoms with E-state index >= 15 is 0 Å². The zero-order valence-electron chi connectivity index (χ0n) is 12.4. The molecular formula is C14H27NO3. The molecule has 1 rings (SSSR count). The highest BCUT2D eigenvalue weighted by molar-refractivity contribution is 5.70. The summed E-state index contributed by atoms with van der Waals surface area (Å²) in [4.78, 5) is 11.8. The van der Waals surface area contributed by atoms with Crippen LogP contribution < -0.4 is 5.73 Å². The lowest BCUT2D eigenvalue weighted by Crippen LogP contribution is -2.55. The Kier molecular flexibility index (Phi) is 4.44. The Bertz CT molecular complexity index is 301. The van der Waals surface area contributed by atoms with Gasteiger partial charge in [-0.25, -0.2) is 0 Å². The highest BCUT2D eigenvalue weighted by Crippen LogP contribution is 2.35. The Morgan fingerprint density at radius 2 is 1.72 bits per heavy atom. The van der Waals surface area contributed by atoms with Crippen LogP contribution in [0.25, 0.3) is 0 Å². The zero-order valence-corrected chi connectivity index (χ0v) is 12.4. The van der Waals surface area contributed by atoms with Crippen molar-refractivity contribution in [2.75, 3.05) is 0 Å². The van der Waals surface area contributed by atoms with E-state index in [2.05, 4.69) is 0 Å². The monoisotopic (exact) mass is 257 g/mol. The molecule has 2 N–H and O–H groups in total. The van der Waals surface area contributed by atoms with E-state index in [0.717, 1.165) is 6.42 Å². The summed E-state index contributed by atoms with van der Waals surface area (Å²) < 4.78 is 11.2. The standard InChI is InChI=1S/C14H27NO3/c1-13(2,3)17-11-8-10(15)9(11)7-12(16)18-14(4,5)6/h9-11H,7-8,15H2,1-6H3. The van der Waals surface area contributed by atoms with Gasteiger partial charge in [0.15, 0.2) is 0 Å². The highest BCUT2D eigenvalue weighted by atomic mass is 16.6. The Balaban J connectivity index is 2.47. The Morgan fingerprint density at radius 1 is 1.17 bits per heavy atom. The van der Waals surface area contributed by atoms with Crippen LogP contribution in [0.15, 0.2) is 0 Å². The van der Waals surface area contributed by atoms with Crippen molar-refractivity contribution < 1.29 is 14.3 Å². The maximum atomic E-state index is 11.8. The number of hydrogen-bond donors (Lipinski definition) is 1. The largest absolute Gasteiger partial charge is 0.460 e. The Morgan fingerprint density at radius 3 is 2.11 bits per heavy atom. The summed E-state index contributed by atoms with van der Waals surface area (Å²) in [6.07, 6.45) is 1.25. The molecule has 3 atom stereocenters. The third kappa shape index (κ3) is 4.94. The molecule has 0 heterocycles. The smallest absolute Gasteiger partial charge is 0.306 e. The van der Waals surface area contributed by atoms with Gasteiger partial charge in [0.2, 0.25) is 0 Å². The molecule has 1 aliphatic carbocycles. The van der Waals surface area contributed by atoms with Crippen molar-refractivity contribution >= 4 is 5.97 Å². The molecule has 0 aliphatic heterocycles. The summed E-state index contributed by atoms with van der Waals surface area (Å²) in [5.74, 6) is -0.107. The minimum atomic E-state index is -0.439. The SMILES string of the molecule is CC(C)(C)OC(=O)CC1C(N)CC1OC(C)(C)C. The molecule has 1 aliphatic rings. The van der Waals surface area contributed by atoms with Gasteiger partial charge in [0, 0.05) is 12.0 Å². The predicted molar refractivity (Wildman–Crippen MR) is 71.2 cm³/mol. The summed E-state index contributed by atoms with van der Waals surface area (Å²) in [5, 5.41) is 0. The number of esters is 1. The van der Waals surface area contributed by atoms with Crippen molar-refractivity contribution in [2.24, 2.45) is 11.7 Å². The molecule has 0 aromatic rings. The minimum Gasteiger partial charge on any atom is -0.460 e. The summed E-state index contributed by atoms with van der Waals surface area (Å²) in [5.41, 5.74) is 5.32. The van der Waals surface area contributed by atoms with Crippen LogP contribution >= 0.6 is 0 Å². The van der Waals surface area contributed by atoms with Gasteiger partial charge in [-0.2, -0.15) is 0 Å². The third-order valence-corrected chi connectivity index (χ3v) is 2.86. The number of hydrogen-bond acceptors (Lipinski definition) is 4. The molecule has 4 heteroatoms. The van der Waals surface area contributed by atoms with E-state index < -0.39 is 5.60 Å². The first-order chi connectivity index (χ1) is 7.98. The lowest BCUT2D eigenvalue weighted by molar-refractivity contribution is -0.167. The third-order valence-electron chi connectivity index (χ3n) is 2.86. The van der Waals surface area contributed by atoms with Crippen LogP contribution in [0.5, 0.6) is 0 Å². The number of rotatable bonds is 3. The average Bonchev–Trinajstić information content (AvgIpc) is 2.09. The molecule has 1 fully saturated rings. The minimum absolute atomic E-state index is 0.0462. The number of carbonyl (C=O) groups is 1. The molecule has 1 saturated carbocycles. The van der Waals surface area contributed by atoms with E-state index in [9.17, 15) is 4.79 Å². The zero-order chi connectivity index (χ0) is 14.1. The quantitative estimate of drug-likeness (QED) is 0.788. The van der Waals surface area contributed by atoms with Crippen molar-refractivity contribution in [1.29, 1.82) is 0 Å². The van der Waals surface area contributed by atoms with Gasteiger partial charge in [0.1, 0.15) is 5.60 Å². The number of nitrogens with two attached hydrogens (primary N) is 1. The molecule has 4 nitrogen and oxygen atoms in total. The molecule has 0 radical (unpaired) electrons. The van der Waals surface area contributed by atoms with E-state index in [-0.39, 0.29) is 29.6 Å². The van der Waals surface area contributed by atoms with Gasteiger partial charge in [-0.15, -0.1) is 0 Å². The van der Waals surface area contributed by atoms with Gasteiger partial charge < -0.3 is 15.2 Å². The van der Waals surface area contributed by atoms with Gasteiger partial charge in [-0.05, 0) is 48.0 Å². The molecule has 0 spiro atoms. The van der Waals surface area contributed by atoms with E-state index in [4.69, 9.17) is 15.2 Å². The van der Waals surface area contributed by atoms with Crippen molar-refractivity contribution in [3.05, 3.63) is 0 Å². The normalized spacial score (nSPS) is 28.7. The van der Waals surface area contributed by atoms with Gasteiger partial charge in [-0.1, -0.05) is 0 Å². The van der Waals surface area contributed by atoms with E-state index in [0.29, 0.717) is 6.42 Å². The van der Waals surface area contributed by atoms with Crippen molar-refractivity contribution in [1.82, 2.24) is 0 Å². The van der Waals surface area contributed by atoms with Gasteiger partial charge in [-0.3, -0.25) is 4.79 Å². The van der Waals surface area contributed by atoms with Gasteiger partial charge in [0.05, 0.1) is 18.1 Å². The summed E-state index contributed by atoms with van der Waals surface area (Å²) >= 11 is 0. The van der Waals surface area contributed by atoms with Crippen molar-refractivity contribution in [3.63, 3.8) is 0 Å². The maximum absolute atomic E-state index is 11.8. The van der Waals surface area contributed by atoms with Crippen LogP contribution in [0.3, 0.4) is 0 Å². The molecule has 0 saturated heterocycles. The fourth-order valence-electron chi connectivity index (χ4n) is 2.15. The summed E-state index contributed by atoms with van der Waals surface area (Å²) in [6.45, 7) is 11.7. The second kappa shape index (κ2) is 5.17. The van der Waals surface area contributed by atoms with E-state index in [1.165, 1.54) is 0 Å². The first-order valence-electron chi connectivity index (χ1n) is 6.63. The molecule has 0 amide bonds. The van der Waals surface area contributed by atoms with Crippen LogP contribution in [0, 0.1) is 5.92 Å². The van der Waals surface area contributed by atoms with Crippen molar-refractivity contribution in [2.45, 2.75) is 77.7 Å². The first-order valence-corrected chi connectivity index (χ1v) is 6.63. The Hall–Kier alpha value is -0.610. The maximum Gasteiger partial charge on any atom is 0.306 e. The topological polar surface area (TPSA) is 61.5 Å². The highest BCUT2D eigenvalue weighted by Gasteiger charge is 2.43. The molecule has 18 heavy (non-hydrogen) atoms. The molecular weight excluding hydrogens is 230 g/mol. The molecule has 106 valence electrons. The van der Waals surface area contributed by atoms with Crippen LogP contribution in [-0.4, -0.2) is 29.3 Å². The van der Waals surface area contributed by atoms with Crippen LogP contribution in [0.4, 0.5) is 0 Å². The molecule has 0 aromatic heterocycles. The van der Waals surface area contributed by atoms with Gasteiger partial charge in [0.25, 0.3) is 0 Å². The molecule has 0 bridgehead atoms. The lowest BCUT2D eigenvalue weighted by atomic mass is 9.74. The fourth-order valence-corrected chi connectivity index (χ4v) is 2.15. The van der Waals surface area contributed by atoms with Crippen LogP contribution in [0.2, 0.25) is 0 Å². The second-order valence-corrected chi connectivity index (χ2v) is 7.12. The van der Waals surface area contributed by atoms with E-state index in [1.54, 1.807) is 0 Å². The average molecular weight is 257 g/mol.